The fourth-order valence-electron chi connectivity index (χ4n) is 1.23. The van der Waals surface area contributed by atoms with Crippen molar-refractivity contribution in [2.45, 2.75) is 13.5 Å². The molecule has 17 heavy (non-hydrogen) atoms. The summed E-state index contributed by atoms with van der Waals surface area (Å²) in [7, 11) is 1.29. The topological polar surface area (TPSA) is 70.9 Å². The molecule has 0 saturated heterocycles. The Morgan fingerprint density at radius 1 is 1.59 bits per heavy atom. The molecule has 1 aromatic rings. The second-order valence-electron chi connectivity index (χ2n) is 3.34. The molecule has 0 radical (unpaired) electrons. The predicted molar refractivity (Wildman–Crippen MR) is 64.7 cm³/mol. The van der Waals surface area contributed by atoms with Crippen LogP contribution in [0.3, 0.4) is 0 Å². The number of oxime groups is 1. The van der Waals surface area contributed by atoms with Gasteiger partial charge in [0.15, 0.2) is 0 Å². The van der Waals surface area contributed by atoms with Gasteiger partial charge in [-0.2, -0.15) is 0 Å². The molecule has 1 aromatic carbocycles. The molecule has 0 aliphatic carbocycles. The summed E-state index contributed by atoms with van der Waals surface area (Å²) in [5.41, 5.74) is 1.93. The minimum Gasteiger partial charge on any atom is -0.453 e. The number of rotatable bonds is 3. The summed E-state index contributed by atoms with van der Waals surface area (Å²) in [4.78, 5) is 10.9. The molecular formula is C11H13ClN2O3. The van der Waals surface area contributed by atoms with Gasteiger partial charge in [0.2, 0.25) is 0 Å². The van der Waals surface area contributed by atoms with E-state index in [4.69, 9.17) is 16.8 Å². The minimum atomic E-state index is -0.529. The van der Waals surface area contributed by atoms with Crippen LogP contribution in [0.25, 0.3) is 0 Å². The van der Waals surface area contributed by atoms with Crippen molar-refractivity contribution in [3.05, 3.63) is 34.3 Å². The van der Waals surface area contributed by atoms with Crippen LogP contribution in [-0.4, -0.2) is 24.1 Å². The third-order valence-electron chi connectivity index (χ3n) is 2.22. The molecule has 92 valence electrons. The molecule has 5 nitrogen and oxygen atoms in total. The maximum absolute atomic E-state index is 10.9. The Balaban J connectivity index is 2.87. The highest BCUT2D eigenvalue weighted by molar-refractivity contribution is 6.31. The van der Waals surface area contributed by atoms with Crippen LogP contribution in [0.5, 0.6) is 0 Å². The van der Waals surface area contributed by atoms with Gasteiger partial charge in [-0.1, -0.05) is 22.8 Å². The molecule has 0 aromatic heterocycles. The Labute approximate surface area is 104 Å². The highest BCUT2D eigenvalue weighted by atomic mass is 35.5. The van der Waals surface area contributed by atoms with Crippen molar-refractivity contribution in [3.8, 4) is 0 Å². The highest BCUT2D eigenvalue weighted by Crippen LogP contribution is 2.18. The molecule has 0 unspecified atom stereocenters. The van der Waals surface area contributed by atoms with Gasteiger partial charge in [-0.25, -0.2) is 4.79 Å². The molecule has 6 heteroatoms. The first-order chi connectivity index (χ1) is 8.08. The maximum atomic E-state index is 10.9. The van der Waals surface area contributed by atoms with E-state index in [1.807, 2.05) is 0 Å². The zero-order valence-corrected chi connectivity index (χ0v) is 10.3. The number of halogens is 1. The first-order valence-corrected chi connectivity index (χ1v) is 5.25. The summed E-state index contributed by atoms with van der Waals surface area (Å²) < 4.78 is 4.45. The first kappa shape index (κ1) is 13.3. The smallest absolute Gasteiger partial charge is 0.407 e. The Morgan fingerprint density at radius 3 is 2.88 bits per heavy atom. The van der Waals surface area contributed by atoms with Gasteiger partial charge in [0, 0.05) is 11.6 Å². The average molecular weight is 257 g/mol. The van der Waals surface area contributed by atoms with Gasteiger partial charge in [0.1, 0.15) is 0 Å². The first-order valence-electron chi connectivity index (χ1n) is 4.87. The zero-order valence-electron chi connectivity index (χ0n) is 9.53. The zero-order chi connectivity index (χ0) is 12.8. The fraction of sp³-hybridized carbons (Fsp3) is 0.273. The number of benzene rings is 1. The average Bonchev–Trinajstić information content (AvgIpc) is 2.36. The van der Waals surface area contributed by atoms with E-state index in [2.05, 4.69) is 15.2 Å². The van der Waals surface area contributed by atoms with Crippen LogP contribution in [0.15, 0.2) is 23.4 Å². The fourth-order valence-corrected chi connectivity index (χ4v) is 1.42. The van der Waals surface area contributed by atoms with Gasteiger partial charge in [0.25, 0.3) is 0 Å². The van der Waals surface area contributed by atoms with Gasteiger partial charge in [0.05, 0.1) is 12.8 Å². The Bertz CT molecular complexity index is 446. The van der Waals surface area contributed by atoms with Crippen LogP contribution in [0, 0.1) is 0 Å². The number of nitrogens with one attached hydrogen (secondary N) is 1. The lowest BCUT2D eigenvalue weighted by Crippen LogP contribution is -2.22. The predicted octanol–water partition coefficient (Wildman–Crippen LogP) is 2.39. The maximum Gasteiger partial charge on any atom is 0.407 e. The molecule has 0 fully saturated rings. The van der Waals surface area contributed by atoms with Gasteiger partial charge >= 0.3 is 6.09 Å². The number of ether oxygens (including phenoxy) is 1. The lowest BCUT2D eigenvalue weighted by atomic mass is 10.1. The summed E-state index contributed by atoms with van der Waals surface area (Å²) in [6.07, 6.45) is -0.529. The van der Waals surface area contributed by atoms with Crippen molar-refractivity contribution >= 4 is 23.4 Å². The Hall–Kier alpha value is -1.75. The van der Waals surface area contributed by atoms with Gasteiger partial charge in [-0.05, 0) is 30.2 Å². The number of amides is 1. The van der Waals surface area contributed by atoms with E-state index in [-0.39, 0.29) is 6.54 Å². The molecule has 0 bridgehead atoms. The molecule has 1 amide bonds. The quantitative estimate of drug-likeness (QED) is 0.496. The molecular weight excluding hydrogens is 244 g/mol. The number of hydrogen-bond acceptors (Lipinski definition) is 4. The van der Waals surface area contributed by atoms with Crippen molar-refractivity contribution in [1.82, 2.24) is 5.32 Å². The molecule has 2 N–H and O–H groups in total. The van der Waals surface area contributed by atoms with Crippen molar-refractivity contribution in [1.29, 1.82) is 0 Å². The molecule has 0 aliphatic rings. The van der Waals surface area contributed by atoms with Crippen molar-refractivity contribution in [2.75, 3.05) is 7.11 Å². The number of nitrogens with zero attached hydrogens (tertiary/aromatic N) is 1. The standard InChI is InChI=1S/C11H13ClN2O3/c1-7(14-16)8-3-4-10(12)9(5-8)6-13-11(15)17-2/h3-5,16H,6H2,1-2H3,(H,13,15). The van der Waals surface area contributed by atoms with E-state index in [0.29, 0.717) is 10.7 Å². The van der Waals surface area contributed by atoms with Crippen molar-refractivity contribution in [3.63, 3.8) is 0 Å². The van der Waals surface area contributed by atoms with E-state index in [1.165, 1.54) is 7.11 Å². The summed E-state index contributed by atoms with van der Waals surface area (Å²) in [6, 6.07) is 5.16. The van der Waals surface area contributed by atoms with E-state index < -0.39 is 6.09 Å². The number of carbonyl (C=O) groups is 1. The third-order valence-corrected chi connectivity index (χ3v) is 2.59. The Morgan fingerprint density at radius 2 is 2.29 bits per heavy atom. The van der Waals surface area contributed by atoms with Crippen molar-refractivity contribution < 1.29 is 14.7 Å². The van der Waals surface area contributed by atoms with E-state index in [0.717, 1.165) is 11.1 Å². The molecule has 0 heterocycles. The molecule has 1 rings (SSSR count). The van der Waals surface area contributed by atoms with Crippen LogP contribution in [0.1, 0.15) is 18.1 Å². The van der Waals surface area contributed by atoms with Gasteiger partial charge in [-0.3, -0.25) is 0 Å². The van der Waals surface area contributed by atoms with Gasteiger partial charge in [-0.15, -0.1) is 0 Å². The van der Waals surface area contributed by atoms with E-state index in [9.17, 15) is 4.79 Å². The number of methoxy groups -OCH3 is 1. The van der Waals surface area contributed by atoms with Crippen LogP contribution in [0.2, 0.25) is 5.02 Å². The summed E-state index contributed by atoms with van der Waals surface area (Å²) >= 11 is 5.98. The lowest BCUT2D eigenvalue weighted by molar-refractivity contribution is 0.170. The second kappa shape index (κ2) is 6.10. The van der Waals surface area contributed by atoms with Crippen molar-refractivity contribution in [2.24, 2.45) is 5.16 Å². The van der Waals surface area contributed by atoms with Crippen LogP contribution < -0.4 is 5.32 Å². The van der Waals surface area contributed by atoms with Crippen LogP contribution in [-0.2, 0) is 11.3 Å². The second-order valence-corrected chi connectivity index (χ2v) is 3.74. The molecule has 0 saturated carbocycles. The van der Waals surface area contributed by atoms with Crippen LogP contribution >= 0.6 is 11.6 Å². The SMILES string of the molecule is COC(=O)NCc1cc(C(C)=NO)ccc1Cl. The summed E-state index contributed by atoms with van der Waals surface area (Å²) in [5, 5.41) is 14.8. The lowest BCUT2D eigenvalue weighted by Gasteiger charge is -2.08. The van der Waals surface area contributed by atoms with Crippen LogP contribution in [0.4, 0.5) is 4.79 Å². The molecule has 0 aliphatic heterocycles. The monoisotopic (exact) mass is 256 g/mol. The Kier molecular flexibility index (Phi) is 4.78. The number of hydrogen-bond donors (Lipinski definition) is 2. The summed E-state index contributed by atoms with van der Waals surface area (Å²) in [6.45, 7) is 1.92. The largest absolute Gasteiger partial charge is 0.453 e. The third kappa shape index (κ3) is 3.64. The summed E-state index contributed by atoms with van der Waals surface area (Å²) in [5.74, 6) is 0. The highest BCUT2D eigenvalue weighted by Gasteiger charge is 2.06. The van der Waals surface area contributed by atoms with Gasteiger partial charge < -0.3 is 15.3 Å². The minimum absolute atomic E-state index is 0.248. The normalized spacial score (nSPS) is 11.1. The molecule has 0 atom stereocenters. The van der Waals surface area contributed by atoms with E-state index >= 15 is 0 Å². The van der Waals surface area contributed by atoms with E-state index in [1.54, 1.807) is 25.1 Å². The number of carbonyl (C=O) groups excluding carboxylic acids is 1. The molecule has 0 spiro atoms. The number of alkyl carbamates (subject to hydrolysis) is 1.